The van der Waals surface area contributed by atoms with Crippen molar-refractivity contribution in [2.45, 2.75) is 31.1 Å². The molecule has 0 aromatic heterocycles. The van der Waals surface area contributed by atoms with Gasteiger partial charge in [0.2, 0.25) is 11.8 Å². The number of hydrogen-bond acceptors (Lipinski definition) is 3. The summed E-state index contributed by atoms with van der Waals surface area (Å²) < 4.78 is 0. The quantitative estimate of drug-likeness (QED) is 0.619. The molecule has 0 heterocycles. The molecule has 2 amide bonds. The zero-order valence-corrected chi connectivity index (χ0v) is 16.1. The first kappa shape index (κ1) is 18.8. The van der Waals surface area contributed by atoms with Gasteiger partial charge in [-0.05, 0) is 54.7 Å². The summed E-state index contributed by atoms with van der Waals surface area (Å²) in [6.45, 7) is 1.95. The van der Waals surface area contributed by atoms with Crippen molar-refractivity contribution < 1.29 is 9.59 Å². The van der Waals surface area contributed by atoms with Gasteiger partial charge in [0.25, 0.3) is 0 Å². The lowest BCUT2D eigenvalue weighted by Gasteiger charge is -2.33. The Bertz CT molecular complexity index is 810. The first-order valence-electron chi connectivity index (χ1n) is 8.51. The van der Waals surface area contributed by atoms with E-state index in [2.05, 4.69) is 23.0 Å². The highest BCUT2D eigenvalue weighted by Crippen LogP contribution is 2.35. The van der Waals surface area contributed by atoms with Gasteiger partial charge in [0.1, 0.15) is 0 Å². The van der Waals surface area contributed by atoms with E-state index in [0.29, 0.717) is 11.4 Å². The van der Waals surface area contributed by atoms with E-state index in [1.165, 1.54) is 22.9 Å². The molecule has 1 atom stereocenters. The number of amides is 2. The standard InChI is InChI=1S/C20H21ClN2O2S/c1-20(11-10-14-4-2-3-5-15(14)12-20)19(25)23-22-18(24)13-26-17-8-6-16(21)7-9-17/h2-9H,10-13H2,1H3,(H,22,24)(H,23,25). The zero-order chi connectivity index (χ0) is 18.6. The van der Waals surface area contributed by atoms with Gasteiger partial charge in [0.05, 0.1) is 11.2 Å². The second kappa shape index (κ2) is 8.14. The molecule has 1 aliphatic carbocycles. The minimum Gasteiger partial charge on any atom is -0.273 e. The summed E-state index contributed by atoms with van der Waals surface area (Å²) in [7, 11) is 0. The molecular formula is C20H21ClN2O2S. The fourth-order valence-electron chi connectivity index (χ4n) is 3.08. The van der Waals surface area contributed by atoms with E-state index in [-0.39, 0.29) is 17.6 Å². The van der Waals surface area contributed by atoms with Crippen molar-refractivity contribution in [1.29, 1.82) is 0 Å². The predicted molar refractivity (Wildman–Crippen MR) is 105 cm³/mol. The van der Waals surface area contributed by atoms with Gasteiger partial charge in [0, 0.05) is 9.92 Å². The van der Waals surface area contributed by atoms with Crippen LogP contribution in [-0.2, 0) is 22.4 Å². The number of hydrazine groups is 1. The van der Waals surface area contributed by atoms with Crippen LogP contribution in [0.2, 0.25) is 5.02 Å². The number of rotatable bonds is 4. The molecule has 0 saturated heterocycles. The van der Waals surface area contributed by atoms with Crippen LogP contribution < -0.4 is 10.9 Å². The average molecular weight is 389 g/mol. The van der Waals surface area contributed by atoms with Gasteiger partial charge in [-0.1, -0.05) is 42.8 Å². The van der Waals surface area contributed by atoms with Crippen LogP contribution in [0.5, 0.6) is 0 Å². The van der Waals surface area contributed by atoms with Crippen LogP contribution in [0.4, 0.5) is 0 Å². The fourth-order valence-corrected chi connectivity index (χ4v) is 3.90. The summed E-state index contributed by atoms with van der Waals surface area (Å²) in [6, 6.07) is 15.5. The van der Waals surface area contributed by atoms with E-state index < -0.39 is 5.41 Å². The largest absolute Gasteiger partial charge is 0.273 e. The van der Waals surface area contributed by atoms with E-state index in [1.807, 2.05) is 31.2 Å². The van der Waals surface area contributed by atoms with Crippen LogP contribution in [0.3, 0.4) is 0 Å². The molecule has 6 heteroatoms. The van der Waals surface area contributed by atoms with E-state index in [1.54, 1.807) is 12.1 Å². The molecule has 26 heavy (non-hydrogen) atoms. The molecule has 2 N–H and O–H groups in total. The van der Waals surface area contributed by atoms with Crippen molar-refractivity contribution in [1.82, 2.24) is 10.9 Å². The SMILES string of the molecule is CC1(C(=O)NNC(=O)CSc2ccc(Cl)cc2)CCc2ccccc2C1. The van der Waals surface area contributed by atoms with Crippen molar-refractivity contribution >= 4 is 35.2 Å². The molecular weight excluding hydrogens is 368 g/mol. The van der Waals surface area contributed by atoms with E-state index in [4.69, 9.17) is 11.6 Å². The third kappa shape index (κ3) is 4.59. The van der Waals surface area contributed by atoms with Gasteiger partial charge in [-0.15, -0.1) is 11.8 Å². The molecule has 1 aliphatic rings. The van der Waals surface area contributed by atoms with Crippen molar-refractivity contribution in [3.8, 4) is 0 Å². The lowest BCUT2D eigenvalue weighted by atomic mass is 9.72. The van der Waals surface area contributed by atoms with Gasteiger partial charge in [-0.2, -0.15) is 0 Å². The molecule has 136 valence electrons. The van der Waals surface area contributed by atoms with Gasteiger partial charge >= 0.3 is 0 Å². The summed E-state index contributed by atoms with van der Waals surface area (Å²) in [6.07, 6.45) is 2.33. The van der Waals surface area contributed by atoms with E-state index in [0.717, 1.165) is 17.7 Å². The molecule has 0 saturated carbocycles. The molecule has 0 radical (unpaired) electrons. The Morgan fingerprint density at radius 3 is 2.50 bits per heavy atom. The van der Waals surface area contributed by atoms with Gasteiger partial charge in [-0.25, -0.2) is 0 Å². The van der Waals surface area contributed by atoms with E-state index in [9.17, 15) is 9.59 Å². The number of nitrogens with one attached hydrogen (secondary N) is 2. The lowest BCUT2D eigenvalue weighted by molar-refractivity contribution is -0.134. The Morgan fingerprint density at radius 2 is 1.77 bits per heavy atom. The summed E-state index contributed by atoms with van der Waals surface area (Å²) in [5.74, 6) is -0.156. The highest BCUT2D eigenvalue weighted by atomic mass is 35.5. The Hall–Kier alpha value is -1.98. The summed E-state index contributed by atoms with van der Waals surface area (Å²) in [5.41, 5.74) is 7.13. The third-order valence-electron chi connectivity index (χ3n) is 4.69. The number of hydrogen-bond donors (Lipinski definition) is 2. The summed E-state index contributed by atoms with van der Waals surface area (Å²) in [5, 5.41) is 0.661. The van der Waals surface area contributed by atoms with Crippen LogP contribution in [0.25, 0.3) is 0 Å². The number of fused-ring (bicyclic) bond motifs is 1. The van der Waals surface area contributed by atoms with Crippen LogP contribution in [0.15, 0.2) is 53.4 Å². The van der Waals surface area contributed by atoms with Crippen molar-refractivity contribution in [2.24, 2.45) is 5.41 Å². The first-order valence-corrected chi connectivity index (χ1v) is 9.87. The number of carbonyl (C=O) groups is 2. The number of carbonyl (C=O) groups excluding carboxylic acids is 2. The molecule has 2 aromatic rings. The van der Waals surface area contributed by atoms with Crippen LogP contribution in [0.1, 0.15) is 24.5 Å². The van der Waals surface area contributed by atoms with Crippen molar-refractivity contribution in [2.75, 3.05) is 5.75 Å². The van der Waals surface area contributed by atoms with E-state index >= 15 is 0 Å². The minimum atomic E-state index is -0.509. The molecule has 0 fully saturated rings. The summed E-state index contributed by atoms with van der Waals surface area (Å²) in [4.78, 5) is 25.5. The zero-order valence-electron chi connectivity index (χ0n) is 14.5. The maximum Gasteiger partial charge on any atom is 0.248 e. The van der Waals surface area contributed by atoms with Gasteiger partial charge in [0.15, 0.2) is 0 Å². The summed E-state index contributed by atoms with van der Waals surface area (Å²) >= 11 is 7.23. The molecule has 3 rings (SSSR count). The minimum absolute atomic E-state index is 0.142. The highest BCUT2D eigenvalue weighted by molar-refractivity contribution is 8.00. The number of aryl methyl sites for hydroxylation is 1. The highest BCUT2D eigenvalue weighted by Gasteiger charge is 2.36. The molecule has 1 unspecified atom stereocenters. The van der Waals surface area contributed by atoms with Crippen LogP contribution in [-0.4, -0.2) is 17.6 Å². The second-order valence-electron chi connectivity index (χ2n) is 6.75. The van der Waals surface area contributed by atoms with Crippen molar-refractivity contribution in [3.05, 3.63) is 64.7 Å². The number of halogens is 1. The normalized spacial score (nSPS) is 18.7. The molecule has 0 bridgehead atoms. The topological polar surface area (TPSA) is 58.2 Å². The van der Waals surface area contributed by atoms with Crippen LogP contribution in [0, 0.1) is 5.41 Å². The number of benzene rings is 2. The Morgan fingerprint density at radius 1 is 1.08 bits per heavy atom. The monoisotopic (exact) mass is 388 g/mol. The molecule has 0 spiro atoms. The lowest BCUT2D eigenvalue weighted by Crippen LogP contribution is -2.50. The van der Waals surface area contributed by atoms with Gasteiger partial charge in [-0.3, -0.25) is 20.4 Å². The third-order valence-corrected chi connectivity index (χ3v) is 5.96. The molecule has 0 aliphatic heterocycles. The first-order chi connectivity index (χ1) is 12.5. The van der Waals surface area contributed by atoms with Gasteiger partial charge < -0.3 is 0 Å². The maximum absolute atomic E-state index is 12.6. The average Bonchev–Trinajstić information content (AvgIpc) is 2.65. The smallest absolute Gasteiger partial charge is 0.248 e. The molecule has 4 nitrogen and oxygen atoms in total. The Balaban J connectivity index is 1.49. The Labute approximate surface area is 162 Å². The molecule has 2 aromatic carbocycles. The number of thioether (sulfide) groups is 1. The fraction of sp³-hybridized carbons (Fsp3) is 0.300. The predicted octanol–water partition coefficient (Wildman–Crippen LogP) is 3.77. The maximum atomic E-state index is 12.6. The van der Waals surface area contributed by atoms with Crippen LogP contribution >= 0.6 is 23.4 Å². The van der Waals surface area contributed by atoms with Crippen molar-refractivity contribution in [3.63, 3.8) is 0 Å². The Kier molecular flexibility index (Phi) is 5.89. The second-order valence-corrected chi connectivity index (χ2v) is 8.24.